The molecule has 1 N–H and O–H groups in total. The molecule has 6 heteroatoms. The van der Waals surface area contributed by atoms with E-state index in [4.69, 9.17) is 0 Å². The Morgan fingerprint density at radius 1 is 1.21 bits per heavy atom. The van der Waals surface area contributed by atoms with Crippen molar-refractivity contribution in [3.05, 3.63) is 72.4 Å². The summed E-state index contributed by atoms with van der Waals surface area (Å²) in [5.74, 6) is -0.112. The van der Waals surface area contributed by atoms with Crippen LogP contribution in [0.25, 0.3) is 5.69 Å². The summed E-state index contributed by atoms with van der Waals surface area (Å²) in [6.07, 6.45) is 9.01. The standard InChI is InChI=1S/C18H18N4OS/c1-13(21-17(23)16-4-3-9-20-18(16)24-2)14-5-7-15(8-6-14)22-11-10-19-12-22/h3-13H,1-2H3,(H,21,23)/t13-/m1/s1. The molecule has 1 atom stereocenters. The molecule has 3 aromatic rings. The van der Waals surface area contributed by atoms with Crippen LogP contribution in [-0.4, -0.2) is 26.7 Å². The van der Waals surface area contributed by atoms with Crippen LogP contribution in [0.2, 0.25) is 0 Å². The molecule has 0 aliphatic heterocycles. The van der Waals surface area contributed by atoms with Gasteiger partial charge in [-0.3, -0.25) is 4.79 Å². The third kappa shape index (κ3) is 3.49. The fourth-order valence-electron chi connectivity index (χ4n) is 2.43. The van der Waals surface area contributed by atoms with Crippen molar-refractivity contribution in [1.29, 1.82) is 0 Å². The van der Waals surface area contributed by atoms with Crippen molar-refractivity contribution in [1.82, 2.24) is 19.9 Å². The Morgan fingerprint density at radius 3 is 2.67 bits per heavy atom. The van der Waals surface area contributed by atoms with E-state index in [9.17, 15) is 4.79 Å². The number of rotatable bonds is 5. The third-order valence-electron chi connectivity index (χ3n) is 3.75. The zero-order chi connectivity index (χ0) is 16.9. The Balaban J connectivity index is 1.72. The number of benzene rings is 1. The first-order valence-electron chi connectivity index (χ1n) is 7.57. The summed E-state index contributed by atoms with van der Waals surface area (Å²) in [5.41, 5.74) is 2.68. The number of hydrogen-bond donors (Lipinski definition) is 1. The van der Waals surface area contributed by atoms with E-state index in [0.717, 1.165) is 16.3 Å². The fraction of sp³-hybridized carbons (Fsp3) is 0.167. The van der Waals surface area contributed by atoms with Crippen molar-refractivity contribution in [2.75, 3.05) is 6.26 Å². The van der Waals surface area contributed by atoms with E-state index in [-0.39, 0.29) is 11.9 Å². The Bertz CT molecular complexity index is 815. The monoisotopic (exact) mass is 338 g/mol. The second-order valence-corrected chi connectivity index (χ2v) is 6.11. The van der Waals surface area contributed by atoms with E-state index in [0.29, 0.717) is 5.56 Å². The smallest absolute Gasteiger partial charge is 0.254 e. The number of nitrogens with one attached hydrogen (secondary N) is 1. The molecule has 0 fully saturated rings. The van der Waals surface area contributed by atoms with Crippen molar-refractivity contribution in [2.24, 2.45) is 0 Å². The van der Waals surface area contributed by atoms with Gasteiger partial charge in [-0.25, -0.2) is 9.97 Å². The van der Waals surface area contributed by atoms with Crippen LogP contribution in [0, 0.1) is 0 Å². The Hall–Kier alpha value is -2.60. The van der Waals surface area contributed by atoms with Crippen molar-refractivity contribution < 1.29 is 4.79 Å². The van der Waals surface area contributed by atoms with E-state index < -0.39 is 0 Å². The number of nitrogens with zero attached hydrogens (tertiary/aromatic N) is 3. The van der Waals surface area contributed by atoms with Crippen LogP contribution >= 0.6 is 11.8 Å². The first-order valence-corrected chi connectivity index (χ1v) is 8.79. The molecule has 0 aliphatic carbocycles. The van der Waals surface area contributed by atoms with Gasteiger partial charge >= 0.3 is 0 Å². The quantitative estimate of drug-likeness (QED) is 0.724. The summed E-state index contributed by atoms with van der Waals surface area (Å²) in [6, 6.07) is 11.5. The van der Waals surface area contributed by atoms with Crippen LogP contribution in [0.4, 0.5) is 0 Å². The molecule has 0 bridgehead atoms. The molecule has 3 rings (SSSR count). The van der Waals surface area contributed by atoms with Crippen molar-refractivity contribution in [3.63, 3.8) is 0 Å². The highest BCUT2D eigenvalue weighted by Gasteiger charge is 2.15. The van der Waals surface area contributed by atoms with Gasteiger partial charge in [-0.05, 0) is 43.0 Å². The third-order valence-corrected chi connectivity index (χ3v) is 4.46. The molecule has 1 aromatic carbocycles. The van der Waals surface area contributed by atoms with Gasteiger partial charge in [0.05, 0.1) is 17.9 Å². The van der Waals surface area contributed by atoms with Crippen molar-refractivity contribution in [3.8, 4) is 5.69 Å². The lowest BCUT2D eigenvalue weighted by molar-refractivity contribution is 0.0936. The number of thioether (sulfide) groups is 1. The van der Waals surface area contributed by atoms with Crippen molar-refractivity contribution in [2.45, 2.75) is 18.0 Å². The highest BCUT2D eigenvalue weighted by molar-refractivity contribution is 7.98. The summed E-state index contributed by atoms with van der Waals surface area (Å²) in [7, 11) is 0. The number of carbonyl (C=O) groups is 1. The summed E-state index contributed by atoms with van der Waals surface area (Å²) in [5, 5.41) is 3.76. The summed E-state index contributed by atoms with van der Waals surface area (Å²) in [6.45, 7) is 1.97. The number of hydrogen-bond acceptors (Lipinski definition) is 4. The summed E-state index contributed by atoms with van der Waals surface area (Å²) < 4.78 is 1.94. The summed E-state index contributed by atoms with van der Waals surface area (Å²) in [4.78, 5) is 20.8. The van der Waals surface area contributed by atoms with Gasteiger partial charge in [0.1, 0.15) is 5.03 Å². The topological polar surface area (TPSA) is 59.8 Å². The first-order chi connectivity index (χ1) is 11.7. The number of carbonyl (C=O) groups excluding carboxylic acids is 1. The number of aromatic nitrogens is 3. The number of amides is 1. The molecule has 0 saturated carbocycles. The van der Waals surface area contributed by atoms with Gasteiger partial charge in [-0.1, -0.05) is 12.1 Å². The van der Waals surface area contributed by atoms with Gasteiger partial charge in [0, 0.05) is 24.3 Å². The van der Waals surface area contributed by atoms with Crippen LogP contribution < -0.4 is 5.32 Å². The Labute approximate surface area is 145 Å². The largest absolute Gasteiger partial charge is 0.345 e. The normalized spacial score (nSPS) is 11.9. The predicted molar refractivity (Wildman–Crippen MR) is 95.5 cm³/mol. The van der Waals surface area contributed by atoms with Crippen LogP contribution in [0.1, 0.15) is 28.9 Å². The van der Waals surface area contributed by atoms with E-state index >= 15 is 0 Å². The van der Waals surface area contributed by atoms with Crippen LogP contribution in [0.3, 0.4) is 0 Å². The molecule has 122 valence electrons. The second-order valence-electron chi connectivity index (χ2n) is 5.32. The molecular formula is C18H18N4OS. The zero-order valence-electron chi connectivity index (χ0n) is 13.5. The van der Waals surface area contributed by atoms with Crippen LogP contribution in [0.5, 0.6) is 0 Å². The molecule has 0 spiro atoms. The lowest BCUT2D eigenvalue weighted by Crippen LogP contribution is -2.27. The van der Waals surface area contributed by atoms with Crippen molar-refractivity contribution >= 4 is 17.7 Å². The predicted octanol–water partition coefficient (Wildman–Crippen LogP) is 3.48. The van der Waals surface area contributed by atoms with Crippen LogP contribution in [0.15, 0.2) is 66.3 Å². The zero-order valence-corrected chi connectivity index (χ0v) is 14.3. The molecule has 2 heterocycles. The minimum absolute atomic E-state index is 0.0933. The van der Waals surface area contributed by atoms with Crippen LogP contribution in [-0.2, 0) is 0 Å². The maximum atomic E-state index is 12.5. The van der Waals surface area contributed by atoms with Gasteiger partial charge in [0.15, 0.2) is 0 Å². The molecule has 5 nitrogen and oxygen atoms in total. The van der Waals surface area contributed by atoms with Gasteiger partial charge in [0.25, 0.3) is 5.91 Å². The number of pyridine rings is 1. The van der Waals surface area contributed by atoms with E-state index in [1.807, 2.05) is 48.2 Å². The first kappa shape index (κ1) is 16.3. The molecule has 1 amide bonds. The van der Waals surface area contributed by atoms with Gasteiger partial charge in [0.2, 0.25) is 0 Å². The van der Waals surface area contributed by atoms with Gasteiger partial charge < -0.3 is 9.88 Å². The molecule has 2 aromatic heterocycles. The van der Waals surface area contributed by atoms with E-state index in [1.54, 1.807) is 30.9 Å². The second kappa shape index (κ2) is 7.31. The molecule has 0 radical (unpaired) electrons. The highest BCUT2D eigenvalue weighted by atomic mass is 32.2. The minimum Gasteiger partial charge on any atom is -0.345 e. The molecule has 24 heavy (non-hydrogen) atoms. The Kier molecular flexibility index (Phi) is 4.96. The summed E-state index contributed by atoms with van der Waals surface area (Å²) >= 11 is 1.47. The molecule has 0 unspecified atom stereocenters. The molecular weight excluding hydrogens is 320 g/mol. The van der Waals surface area contributed by atoms with Gasteiger partial charge in [-0.15, -0.1) is 11.8 Å². The molecule has 0 saturated heterocycles. The van der Waals surface area contributed by atoms with E-state index in [1.165, 1.54) is 11.8 Å². The average molecular weight is 338 g/mol. The maximum Gasteiger partial charge on any atom is 0.254 e. The fourth-order valence-corrected chi connectivity index (χ4v) is 2.98. The number of imidazole rings is 1. The maximum absolute atomic E-state index is 12.5. The Morgan fingerprint density at radius 2 is 2.00 bits per heavy atom. The van der Waals surface area contributed by atoms with Gasteiger partial charge in [-0.2, -0.15) is 0 Å². The molecule has 0 aliphatic rings. The lowest BCUT2D eigenvalue weighted by atomic mass is 10.1. The SMILES string of the molecule is CSc1ncccc1C(=O)N[C@H](C)c1ccc(-n2ccnc2)cc1. The lowest BCUT2D eigenvalue weighted by Gasteiger charge is -2.16. The minimum atomic E-state index is -0.112. The van der Waals surface area contributed by atoms with E-state index in [2.05, 4.69) is 15.3 Å². The highest BCUT2D eigenvalue weighted by Crippen LogP contribution is 2.19. The average Bonchev–Trinajstić information content (AvgIpc) is 3.16.